The molecule has 23 heavy (non-hydrogen) atoms. The van der Waals surface area contributed by atoms with Crippen LogP contribution in [0.15, 0.2) is 60.7 Å². The molecule has 0 spiro atoms. The van der Waals surface area contributed by atoms with Gasteiger partial charge in [-0.1, -0.05) is 97.2 Å². The van der Waals surface area contributed by atoms with E-state index in [-0.39, 0.29) is 72.4 Å². The quantitative estimate of drug-likeness (QED) is 0.418. The molecule has 0 unspecified atom stereocenters. The monoisotopic (exact) mass is 373 g/mol. The topological polar surface area (TPSA) is 23.8 Å². The Hall–Kier alpha value is 0.0781. The van der Waals surface area contributed by atoms with Crippen LogP contribution in [-0.2, 0) is 17.1 Å². The van der Waals surface area contributed by atoms with Gasteiger partial charge >= 0.3 is 37.7 Å². The molecule has 2 aromatic rings. The van der Waals surface area contributed by atoms with Gasteiger partial charge in [0.05, 0.1) is 17.6 Å². The van der Waals surface area contributed by atoms with Gasteiger partial charge < -0.3 is 11.8 Å². The molecule has 2 rings (SSSR count). The Morgan fingerprint density at radius 2 is 0.826 bits per heavy atom. The van der Waals surface area contributed by atoms with Crippen molar-refractivity contribution in [2.24, 2.45) is 0 Å². The van der Waals surface area contributed by atoms with E-state index in [1.807, 2.05) is 0 Å². The second-order valence-corrected chi connectivity index (χ2v) is 9.89. The molecule has 0 saturated carbocycles. The molecule has 0 fully saturated rings. The van der Waals surface area contributed by atoms with Crippen molar-refractivity contribution < 1.29 is 54.8 Å². The maximum Gasteiger partial charge on any atom is 1.00 e. The minimum absolute atomic E-state index is 0. The molecule has 0 aliphatic heterocycles. The molecule has 0 heterocycles. The van der Waals surface area contributed by atoms with Gasteiger partial charge in [-0.25, -0.2) is 0 Å². The number of hydrogen-bond donors (Lipinski definition) is 0. The minimum atomic E-state index is -0.212. The van der Waals surface area contributed by atoms with Crippen LogP contribution in [0.1, 0.15) is 0 Å². The van der Waals surface area contributed by atoms with Gasteiger partial charge in [0.15, 0.2) is 0 Å². The fraction of sp³-hybridized carbons (Fsp3) is 0.235. The van der Waals surface area contributed by atoms with Crippen LogP contribution in [0.25, 0.3) is 0 Å². The van der Waals surface area contributed by atoms with Gasteiger partial charge in [0.25, 0.3) is 0 Å². The summed E-state index contributed by atoms with van der Waals surface area (Å²) in [6.45, 7) is 14.0. The van der Waals surface area contributed by atoms with Gasteiger partial charge in [0.1, 0.15) is 0 Å². The van der Waals surface area contributed by atoms with Crippen LogP contribution < -0.4 is 48.1 Å². The molecular formula is C17H22CuLi2NSi2+. The summed E-state index contributed by atoms with van der Waals surface area (Å²) in [5, 5.41) is 9.28. The van der Waals surface area contributed by atoms with E-state index in [1.165, 1.54) is 10.4 Å². The van der Waals surface area contributed by atoms with Gasteiger partial charge in [-0.3, -0.25) is 0 Å². The minimum Gasteiger partial charge on any atom is -0.512 e. The molecule has 0 N–H and O–H groups in total. The van der Waals surface area contributed by atoms with E-state index in [2.05, 4.69) is 86.9 Å². The van der Waals surface area contributed by atoms with Gasteiger partial charge in [-0.05, 0) is 0 Å². The van der Waals surface area contributed by atoms with Crippen LogP contribution >= 0.6 is 0 Å². The summed E-state index contributed by atoms with van der Waals surface area (Å²) in [5.74, 6) is 0. The zero-order valence-electron chi connectivity index (χ0n) is 15.0. The van der Waals surface area contributed by atoms with E-state index < -0.39 is 0 Å². The van der Waals surface area contributed by atoms with E-state index in [4.69, 9.17) is 11.8 Å². The smallest absolute Gasteiger partial charge is 0.512 e. The van der Waals surface area contributed by atoms with Crippen molar-refractivity contribution in [2.45, 2.75) is 26.2 Å². The maximum atomic E-state index is 6.25. The van der Waals surface area contributed by atoms with Gasteiger partial charge in [-0.2, -0.15) is 0 Å². The third-order valence-corrected chi connectivity index (χ3v) is 5.68. The molecule has 0 amide bonds. The van der Waals surface area contributed by atoms with Crippen molar-refractivity contribution in [3.8, 4) is 0 Å². The summed E-state index contributed by atoms with van der Waals surface area (Å²) in [4.78, 5) is 0. The van der Waals surface area contributed by atoms with Gasteiger partial charge in [0, 0.05) is 17.1 Å². The summed E-state index contributed by atoms with van der Waals surface area (Å²) < 4.78 is 0. The number of rotatable bonds is 2. The van der Waals surface area contributed by atoms with Crippen LogP contribution in [-0.4, -0.2) is 17.6 Å². The predicted molar refractivity (Wildman–Crippen MR) is 92.1 cm³/mol. The molecule has 1 nitrogen and oxygen atoms in total. The van der Waals surface area contributed by atoms with Crippen LogP contribution in [0.4, 0.5) is 0 Å². The predicted octanol–water partition coefficient (Wildman–Crippen LogP) is -2.60. The zero-order valence-corrected chi connectivity index (χ0v) is 18.0. The molecule has 115 valence electrons. The Balaban J connectivity index is -0.000000127. The molecule has 6 heteroatoms. The van der Waals surface area contributed by atoms with Crippen LogP contribution in [0.5, 0.6) is 0 Å². The van der Waals surface area contributed by atoms with Crippen LogP contribution in [0, 0.1) is 11.8 Å². The summed E-state index contributed by atoms with van der Waals surface area (Å²) >= 11 is 0. The average Bonchev–Trinajstić information content (AvgIpc) is 2.51. The standard InChI is InChI=1S/2C8H11Si.CN.Cu.2Li/c2*1-9(2)8-6-4-3-5-7-8;1-2;;;/h2*3-7H,1-2H3;;;;/q;;-1;;2*+1. The van der Waals surface area contributed by atoms with E-state index in [0.29, 0.717) is 0 Å². The molecule has 0 saturated heterocycles. The largest absolute Gasteiger partial charge is 1.00 e. The zero-order chi connectivity index (χ0) is 15.4. The summed E-state index contributed by atoms with van der Waals surface area (Å²) in [7, 11) is -0.424. The number of benzene rings is 2. The molecule has 0 aromatic heterocycles. The normalized spacial score (nSPS) is 8.00. The Labute approximate surface area is 180 Å². The van der Waals surface area contributed by atoms with Crippen molar-refractivity contribution in [2.75, 3.05) is 0 Å². The SMILES string of the molecule is C[Si](C)c1ccccc1.C[Si](C)c1ccccc1.[C-]#N.[Cu].[Li+].[Li+]. The van der Waals surface area contributed by atoms with E-state index in [0.717, 1.165) is 0 Å². The molecule has 3 radical (unpaired) electrons. The fourth-order valence-corrected chi connectivity index (χ4v) is 3.26. The fourth-order valence-electron chi connectivity index (χ4n) is 1.54. The third kappa shape index (κ3) is 15.4. The molecule has 2 aromatic carbocycles. The second kappa shape index (κ2) is 20.1. The van der Waals surface area contributed by atoms with Crippen molar-refractivity contribution in [3.05, 3.63) is 67.2 Å². The summed E-state index contributed by atoms with van der Waals surface area (Å²) in [6.07, 6.45) is 0. The van der Waals surface area contributed by atoms with Gasteiger partial charge in [0.2, 0.25) is 0 Å². The van der Waals surface area contributed by atoms with E-state index in [1.54, 1.807) is 0 Å². The molecule has 0 atom stereocenters. The van der Waals surface area contributed by atoms with E-state index >= 15 is 0 Å². The van der Waals surface area contributed by atoms with Crippen LogP contribution in [0.2, 0.25) is 26.2 Å². The summed E-state index contributed by atoms with van der Waals surface area (Å²) in [5.41, 5.74) is 0. The summed E-state index contributed by atoms with van der Waals surface area (Å²) in [6, 6.07) is 21.4. The maximum absolute atomic E-state index is 6.25. The van der Waals surface area contributed by atoms with Crippen molar-refractivity contribution in [1.29, 1.82) is 5.26 Å². The van der Waals surface area contributed by atoms with E-state index in [9.17, 15) is 0 Å². The first-order valence-electron chi connectivity index (χ1n) is 6.54. The van der Waals surface area contributed by atoms with Crippen molar-refractivity contribution in [3.63, 3.8) is 0 Å². The van der Waals surface area contributed by atoms with Crippen LogP contribution in [0.3, 0.4) is 0 Å². The Bertz CT molecular complexity index is 436. The Morgan fingerprint density at radius 3 is 0.957 bits per heavy atom. The van der Waals surface area contributed by atoms with Gasteiger partial charge in [-0.15, -0.1) is 0 Å². The molecular weight excluding hydrogens is 352 g/mol. The average molecular weight is 374 g/mol. The molecule has 0 aliphatic rings. The third-order valence-electron chi connectivity index (χ3n) is 2.70. The number of hydrogen-bond acceptors (Lipinski definition) is 1. The van der Waals surface area contributed by atoms with Crippen molar-refractivity contribution in [1.82, 2.24) is 0 Å². The second-order valence-electron chi connectivity index (χ2n) is 4.73. The first kappa shape index (κ1) is 30.9. The Kier molecular flexibility index (Phi) is 27.0. The molecule has 0 bridgehead atoms. The molecule has 0 aliphatic carbocycles. The first-order valence-corrected chi connectivity index (χ1v) is 11.5. The Morgan fingerprint density at radius 1 is 0.609 bits per heavy atom. The first-order chi connectivity index (χ1) is 9.61. The number of nitrogens with zero attached hydrogens (tertiary/aromatic N) is 1. The van der Waals surface area contributed by atoms with Crippen molar-refractivity contribution >= 4 is 28.0 Å².